The summed E-state index contributed by atoms with van der Waals surface area (Å²) in [4.78, 5) is 64.7. The molecule has 10 nitrogen and oxygen atoms in total. The number of nitrogens with one attached hydrogen (secondary N) is 2. The number of hydrogen-bond acceptors (Lipinski definition) is 8. The third-order valence-corrected chi connectivity index (χ3v) is 8.83. The molecule has 0 spiro atoms. The van der Waals surface area contributed by atoms with Gasteiger partial charge in [0.15, 0.2) is 0 Å². The Morgan fingerprint density at radius 2 is 1.87 bits per heavy atom. The number of allylic oxidation sites excluding steroid dienone is 2. The summed E-state index contributed by atoms with van der Waals surface area (Å²) in [6.07, 6.45) is 4.79. The molecule has 39 heavy (non-hydrogen) atoms. The number of hydrogen-bond donors (Lipinski definition) is 3. The molecule has 2 aromatic rings. The number of rotatable bonds is 8. The lowest BCUT2D eigenvalue weighted by molar-refractivity contribution is -0.146. The Hall–Kier alpha value is -3.64. The summed E-state index contributed by atoms with van der Waals surface area (Å²) in [7, 11) is 1.29. The number of carbonyl (C=O) groups is 5. The smallest absolute Gasteiger partial charge is 0.341 e. The largest absolute Gasteiger partial charge is 0.481 e. The number of benzene rings is 1. The molecule has 3 N–H and O–H groups in total. The Labute approximate surface area is 233 Å². The Kier molecular flexibility index (Phi) is 9.08. The molecule has 1 aliphatic carbocycles. The molecule has 0 radical (unpaired) electrons. The quantitative estimate of drug-likeness (QED) is 0.247. The summed E-state index contributed by atoms with van der Waals surface area (Å²) < 4.78 is 4.95. The molecule has 0 saturated carbocycles. The van der Waals surface area contributed by atoms with Gasteiger partial charge in [0.2, 0.25) is 17.7 Å². The standard InChI is InChI=1S/C27H29N3O7S2/c1-15(31)30-11-10-20-21(13-30)39-25(23(20)27(36)37-2)29-22(32)14-38-17-7-5-6-16(12-17)28-24(33)18-8-3-4-9-19(18)26(34)35/h3-7,12,18-19H,8-11,13-14H2,1-2H3,(H,28,33)(H,29,32)(H,34,35). The lowest BCUT2D eigenvalue weighted by Gasteiger charge is -2.25. The zero-order valence-electron chi connectivity index (χ0n) is 21.5. The minimum atomic E-state index is -0.993. The minimum absolute atomic E-state index is 0.0497. The maximum absolute atomic E-state index is 12.8. The maximum Gasteiger partial charge on any atom is 0.341 e. The molecule has 0 fully saturated rings. The van der Waals surface area contributed by atoms with Crippen LogP contribution in [0.1, 0.15) is 40.6 Å². The number of aliphatic carboxylic acids is 1. The fourth-order valence-electron chi connectivity index (χ4n) is 4.67. The number of thiophene rings is 1. The van der Waals surface area contributed by atoms with E-state index in [0.717, 1.165) is 15.3 Å². The second kappa shape index (κ2) is 12.5. The van der Waals surface area contributed by atoms with Crippen LogP contribution < -0.4 is 10.6 Å². The van der Waals surface area contributed by atoms with Crippen LogP contribution in [0.25, 0.3) is 0 Å². The Bertz CT molecular complexity index is 1340. The molecule has 4 rings (SSSR count). The van der Waals surface area contributed by atoms with Crippen molar-refractivity contribution in [3.63, 3.8) is 0 Å². The molecule has 2 unspecified atom stereocenters. The van der Waals surface area contributed by atoms with E-state index in [0.29, 0.717) is 48.6 Å². The zero-order chi connectivity index (χ0) is 28.1. The van der Waals surface area contributed by atoms with Crippen molar-refractivity contribution in [2.24, 2.45) is 11.8 Å². The van der Waals surface area contributed by atoms with Crippen LogP contribution in [0.2, 0.25) is 0 Å². The lowest BCUT2D eigenvalue weighted by atomic mass is 9.82. The van der Waals surface area contributed by atoms with Crippen LogP contribution in [0.4, 0.5) is 10.7 Å². The predicted octanol–water partition coefficient (Wildman–Crippen LogP) is 3.78. The highest BCUT2D eigenvalue weighted by Crippen LogP contribution is 2.38. The van der Waals surface area contributed by atoms with Gasteiger partial charge in [-0.15, -0.1) is 23.1 Å². The van der Waals surface area contributed by atoms with E-state index in [1.807, 2.05) is 6.08 Å². The normalized spacial score (nSPS) is 18.2. The number of carbonyl (C=O) groups excluding carboxylic acids is 4. The first-order chi connectivity index (χ1) is 18.7. The van der Waals surface area contributed by atoms with Gasteiger partial charge < -0.3 is 25.4 Å². The van der Waals surface area contributed by atoms with Gasteiger partial charge in [0.1, 0.15) is 5.00 Å². The number of methoxy groups -OCH3 is 1. The minimum Gasteiger partial charge on any atom is -0.481 e. The van der Waals surface area contributed by atoms with Crippen molar-refractivity contribution in [3.8, 4) is 0 Å². The number of thioether (sulfide) groups is 1. The molecular weight excluding hydrogens is 542 g/mol. The van der Waals surface area contributed by atoms with Gasteiger partial charge in [-0.05, 0) is 43.0 Å². The number of ether oxygens (including phenoxy) is 1. The third kappa shape index (κ3) is 6.69. The monoisotopic (exact) mass is 571 g/mol. The van der Waals surface area contributed by atoms with Crippen LogP contribution in [0.5, 0.6) is 0 Å². The maximum atomic E-state index is 12.8. The summed E-state index contributed by atoms with van der Waals surface area (Å²) in [6.45, 7) is 2.38. The van der Waals surface area contributed by atoms with E-state index in [1.165, 1.54) is 37.1 Å². The second-order valence-electron chi connectivity index (χ2n) is 9.24. The van der Waals surface area contributed by atoms with E-state index in [2.05, 4.69) is 10.6 Å². The molecular formula is C27H29N3O7S2. The van der Waals surface area contributed by atoms with Crippen molar-refractivity contribution >= 4 is 63.4 Å². The Balaban J connectivity index is 1.39. The number of nitrogens with zero attached hydrogens (tertiary/aromatic N) is 1. The van der Waals surface area contributed by atoms with Crippen LogP contribution in [0, 0.1) is 11.8 Å². The third-order valence-electron chi connectivity index (χ3n) is 6.70. The molecule has 0 bridgehead atoms. The van der Waals surface area contributed by atoms with E-state index in [4.69, 9.17) is 4.74 Å². The molecule has 2 heterocycles. The first-order valence-corrected chi connectivity index (χ1v) is 14.2. The van der Waals surface area contributed by atoms with Crippen LogP contribution >= 0.6 is 23.1 Å². The van der Waals surface area contributed by atoms with Gasteiger partial charge >= 0.3 is 11.9 Å². The second-order valence-corrected chi connectivity index (χ2v) is 11.4. The summed E-state index contributed by atoms with van der Waals surface area (Å²) in [5.41, 5.74) is 1.65. The summed E-state index contributed by atoms with van der Waals surface area (Å²) in [6, 6.07) is 6.98. The molecule has 1 aromatic heterocycles. The van der Waals surface area contributed by atoms with Crippen LogP contribution in [0.15, 0.2) is 41.3 Å². The van der Waals surface area contributed by atoms with E-state index >= 15 is 0 Å². The molecule has 206 valence electrons. The van der Waals surface area contributed by atoms with E-state index in [-0.39, 0.29) is 23.5 Å². The summed E-state index contributed by atoms with van der Waals surface area (Å²) >= 11 is 2.53. The first-order valence-electron chi connectivity index (χ1n) is 12.4. The molecule has 1 aromatic carbocycles. The van der Waals surface area contributed by atoms with Gasteiger partial charge in [-0.25, -0.2) is 4.79 Å². The lowest BCUT2D eigenvalue weighted by Crippen LogP contribution is -2.34. The number of carboxylic acids is 1. The van der Waals surface area contributed by atoms with Gasteiger partial charge in [0, 0.05) is 28.9 Å². The number of fused-ring (bicyclic) bond motifs is 1. The van der Waals surface area contributed by atoms with Gasteiger partial charge in [-0.2, -0.15) is 0 Å². The van der Waals surface area contributed by atoms with Gasteiger partial charge in [-0.1, -0.05) is 18.2 Å². The van der Waals surface area contributed by atoms with E-state index in [1.54, 1.807) is 35.2 Å². The highest BCUT2D eigenvalue weighted by molar-refractivity contribution is 8.00. The van der Waals surface area contributed by atoms with Gasteiger partial charge in [-0.3, -0.25) is 19.2 Å². The van der Waals surface area contributed by atoms with Gasteiger partial charge in [0.05, 0.1) is 36.8 Å². The fourth-order valence-corrected chi connectivity index (χ4v) is 6.69. The van der Waals surface area contributed by atoms with Crippen molar-refractivity contribution in [2.75, 3.05) is 30.0 Å². The summed E-state index contributed by atoms with van der Waals surface area (Å²) in [5.74, 6) is -3.62. The highest BCUT2D eigenvalue weighted by atomic mass is 32.2. The number of amides is 3. The van der Waals surface area contributed by atoms with Crippen LogP contribution in [-0.2, 0) is 36.9 Å². The number of anilines is 2. The van der Waals surface area contributed by atoms with Crippen molar-refractivity contribution < 1.29 is 33.8 Å². The fraction of sp³-hybridized carbons (Fsp3) is 0.370. The van der Waals surface area contributed by atoms with Gasteiger partial charge in [0.25, 0.3) is 0 Å². The highest BCUT2D eigenvalue weighted by Gasteiger charge is 2.34. The molecule has 2 aliphatic rings. The zero-order valence-corrected chi connectivity index (χ0v) is 23.2. The van der Waals surface area contributed by atoms with E-state index in [9.17, 15) is 29.1 Å². The number of carboxylic acid groups (broad SMARTS) is 1. The molecule has 2 atom stereocenters. The SMILES string of the molecule is COC(=O)c1c(NC(=O)CSc2cccc(NC(=O)C3CC=CCC3C(=O)O)c2)sc2c1CCN(C(C)=O)C2. The molecule has 3 amide bonds. The van der Waals surface area contributed by atoms with E-state index < -0.39 is 23.8 Å². The van der Waals surface area contributed by atoms with Crippen molar-refractivity contribution in [1.29, 1.82) is 0 Å². The van der Waals surface area contributed by atoms with Crippen LogP contribution in [-0.4, -0.2) is 59.1 Å². The number of esters is 1. The predicted molar refractivity (Wildman–Crippen MR) is 148 cm³/mol. The Morgan fingerprint density at radius 1 is 1.13 bits per heavy atom. The topological polar surface area (TPSA) is 142 Å². The van der Waals surface area contributed by atoms with Crippen molar-refractivity contribution in [3.05, 3.63) is 52.4 Å². The molecule has 0 saturated heterocycles. The average Bonchev–Trinajstić information content (AvgIpc) is 3.28. The van der Waals surface area contributed by atoms with Crippen molar-refractivity contribution in [2.45, 2.75) is 37.6 Å². The molecule has 12 heteroatoms. The average molecular weight is 572 g/mol. The van der Waals surface area contributed by atoms with Crippen molar-refractivity contribution in [1.82, 2.24) is 4.90 Å². The first kappa shape index (κ1) is 28.4. The molecule has 1 aliphatic heterocycles. The summed E-state index contributed by atoms with van der Waals surface area (Å²) in [5, 5.41) is 15.5. The Morgan fingerprint density at radius 3 is 2.56 bits per heavy atom. The van der Waals surface area contributed by atoms with Crippen LogP contribution in [0.3, 0.4) is 0 Å².